The fourth-order valence-corrected chi connectivity index (χ4v) is 2.26. The Morgan fingerprint density at radius 2 is 2.17 bits per heavy atom. The number of aryl methyl sites for hydroxylation is 1. The highest BCUT2D eigenvalue weighted by Crippen LogP contribution is 2.28. The molecule has 4 nitrogen and oxygen atoms in total. The van der Waals surface area contributed by atoms with Gasteiger partial charge in [0.15, 0.2) is 11.5 Å². The zero-order chi connectivity index (χ0) is 13.0. The third-order valence-electron chi connectivity index (χ3n) is 2.48. The number of hydrogen-bond donors (Lipinski definition) is 1. The monoisotopic (exact) mass is 264 g/mol. The molecule has 0 unspecified atom stereocenters. The lowest BCUT2D eigenvalue weighted by atomic mass is 10.2. The van der Waals surface area contributed by atoms with Gasteiger partial charge in [0.05, 0.1) is 12.8 Å². The second-order valence-corrected chi connectivity index (χ2v) is 4.82. The summed E-state index contributed by atoms with van der Waals surface area (Å²) in [6.45, 7) is 2.91. The van der Waals surface area contributed by atoms with E-state index in [0.717, 1.165) is 27.8 Å². The molecule has 0 aliphatic carbocycles. The van der Waals surface area contributed by atoms with Crippen LogP contribution in [0.5, 0.6) is 11.5 Å². The van der Waals surface area contributed by atoms with Crippen LogP contribution in [-0.2, 0) is 13.2 Å². The van der Waals surface area contributed by atoms with E-state index >= 15 is 0 Å². The first-order valence-corrected chi connectivity index (χ1v) is 6.51. The molecule has 96 valence electrons. The Kier molecular flexibility index (Phi) is 4.17. The second kappa shape index (κ2) is 5.84. The van der Waals surface area contributed by atoms with Crippen molar-refractivity contribution < 1.29 is 9.47 Å². The zero-order valence-corrected chi connectivity index (χ0v) is 11.3. The summed E-state index contributed by atoms with van der Waals surface area (Å²) in [5.74, 6) is 1.47. The lowest BCUT2D eigenvalue weighted by Gasteiger charge is -2.10. The Bertz CT molecular complexity index is 525. The van der Waals surface area contributed by atoms with Gasteiger partial charge in [-0.3, -0.25) is 0 Å². The highest BCUT2D eigenvalue weighted by Gasteiger charge is 2.06. The molecule has 0 aliphatic heterocycles. The van der Waals surface area contributed by atoms with Gasteiger partial charge in [0.25, 0.3) is 0 Å². The summed E-state index contributed by atoms with van der Waals surface area (Å²) in [6.07, 6.45) is 0. The number of ether oxygens (including phenoxy) is 2. The second-order valence-electron chi connectivity index (χ2n) is 3.88. The Morgan fingerprint density at radius 1 is 1.33 bits per heavy atom. The van der Waals surface area contributed by atoms with E-state index in [2.05, 4.69) is 4.98 Å². The maximum absolute atomic E-state index is 5.71. The van der Waals surface area contributed by atoms with E-state index in [1.54, 1.807) is 18.4 Å². The largest absolute Gasteiger partial charge is 0.493 e. The van der Waals surface area contributed by atoms with Crippen LogP contribution in [-0.4, -0.2) is 12.1 Å². The summed E-state index contributed by atoms with van der Waals surface area (Å²) in [4.78, 5) is 4.34. The van der Waals surface area contributed by atoms with Crippen LogP contribution in [0.3, 0.4) is 0 Å². The molecule has 0 amide bonds. The van der Waals surface area contributed by atoms with Gasteiger partial charge in [0.2, 0.25) is 0 Å². The molecule has 0 aliphatic rings. The van der Waals surface area contributed by atoms with Gasteiger partial charge in [-0.05, 0) is 24.6 Å². The highest BCUT2D eigenvalue weighted by atomic mass is 32.1. The third-order valence-corrected chi connectivity index (χ3v) is 3.35. The number of nitrogens with zero attached hydrogens (tertiary/aromatic N) is 1. The van der Waals surface area contributed by atoms with Gasteiger partial charge in [-0.25, -0.2) is 4.98 Å². The number of nitrogens with two attached hydrogens (primary N) is 1. The summed E-state index contributed by atoms with van der Waals surface area (Å²) in [6, 6.07) is 5.85. The van der Waals surface area contributed by atoms with Crippen molar-refractivity contribution >= 4 is 11.3 Å². The van der Waals surface area contributed by atoms with Crippen LogP contribution < -0.4 is 15.2 Å². The fourth-order valence-electron chi connectivity index (χ4n) is 1.54. The Hall–Kier alpha value is -1.59. The summed E-state index contributed by atoms with van der Waals surface area (Å²) < 4.78 is 11.0. The van der Waals surface area contributed by atoms with Crippen molar-refractivity contribution in [3.8, 4) is 11.5 Å². The van der Waals surface area contributed by atoms with E-state index in [-0.39, 0.29) is 0 Å². The van der Waals surface area contributed by atoms with Crippen LogP contribution in [0.2, 0.25) is 0 Å². The average Bonchev–Trinajstić information content (AvgIpc) is 2.85. The van der Waals surface area contributed by atoms with E-state index in [9.17, 15) is 0 Å². The van der Waals surface area contributed by atoms with Crippen LogP contribution in [0.25, 0.3) is 0 Å². The first-order valence-electron chi connectivity index (χ1n) is 5.63. The zero-order valence-electron chi connectivity index (χ0n) is 10.5. The maximum atomic E-state index is 5.71. The quantitative estimate of drug-likeness (QED) is 0.901. The molecule has 1 aromatic heterocycles. The van der Waals surface area contributed by atoms with Gasteiger partial charge in [-0.2, -0.15) is 0 Å². The van der Waals surface area contributed by atoms with E-state index < -0.39 is 0 Å². The molecule has 18 heavy (non-hydrogen) atoms. The number of benzene rings is 1. The number of methoxy groups -OCH3 is 1. The first-order chi connectivity index (χ1) is 8.72. The number of rotatable bonds is 5. The van der Waals surface area contributed by atoms with Crippen LogP contribution in [0.15, 0.2) is 23.6 Å². The molecule has 0 bridgehead atoms. The van der Waals surface area contributed by atoms with Gasteiger partial charge < -0.3 is 15.2 Å². The maximum Gasteiger partial charge on any atom is 0.161 e. The minimum Gasteiger partial charge on any atom is -0.493 e. The number of thiazole rings is 1. The number of aromatic nitrogens is 1. The van der Waals surface area contributed by atoms with Crippen molar-refractivity contribution in [2.75, 3.05) is 7.11 Å². The average molecular weight is 264 g/mol. The molecule has 0 radical (unpaired) electrons. The highest BCUT2D eigenvalue weighted by molar-refractivity contribution is 7.09. The van der Waals surface area contributed by atoms with Crippen molar-refractivity contribution in [2.24, 2.45) is 5.73 Å². The molecule has 5 heteroatoms. The van der Waals surface area contributed by atoms with Gasteiger partial charge in [-0.1, -0.05) is 6.07 Å². The van der Waals surface area contributed by atoms with Crippen LogP contribution in [0.1, 0.15) is 16.3 Å². The predicted molar refractivity (Wildman–Crippen MR) is 72.1 cm³/mol. The molecular formula is C13H16N2O2S. The van der Waals surface area contributed by atoms with Crippen molar-refractivity contribution in [2.45, 2.75) is 20.1 Å². The van der Waals surface area contributed by atoms with E-state index in [0.29, 0.717) is 13.2 Å². The van der Waals surface area contributed by atoms with Crippen molar-refractivity contribution in [1.82, 2.24) is 4.98 Å². The lowest BCUT2D eigenvalue weighted by molar-refractivity contribution is 0.283. The molecule has 2 N–H and O–H groups in total. The predicted octanol–water partition coefficient (Wildman–Crippen LogP) is 2.50. The summed E-state index contributed by atoms with van der Waals surface area (Å²) >= 11 is 1.55. The van der Waals surface area contributed by atoms with Gasteiger partial charge in [-0.15, -0.1) is 11.3 Å². The Balaban J connectivity index is 2.05. The summed E-state index contributed by atoms with van der Waals surface area (Å²) in [5.41, 5.74) is 7.55. The molecule has 0 spiro atoms. The van der Waals surface area contributed by atoms with Crippen molar-refractivity contribution in [3.05, 3.63) is 39.8 Å². The smallest absolute Gasteiger partial charge is 0.161 e. The minimum absolute atomic E-state index is 0.435. The first kappa shape index (κ1) is 12.9. The van der Waals surface area contributed by atoms with Crippen LogP contribution in [0.4, 0.5) is 0 Å². The number of hydrogen-bond acceptors (Lipinski definition) is 5. The molecule has 1 heterocycles. The van der Waals surface area contributed by atoms with Crippen LogP contribution >= 0.6 is 11.3 Å². The molecule has 0 atom stereocenters. The Labute approximate surface area is 110 Å². The fraction of sp³-hybridized carbons (Fsp3) is 0.308. The minimum atomic E-state index is 0.435. The van der Waals surface area contributed by atoms with E-state index in [4.69, 9.17) is 15.2 Å². The van der Waals surface area contributed by atoms with Crippen molar-refractivity contribution in [1.29, 1.82) is 0 Å². The molecular weight excluding hydrogens is 248 g/mol. The lowest BCUT2D eigenvalue weighted by Crippen LogP contribution is -2.00. The SMILES string of the molecule is COc1cc(C)ccc1OCc1nc(CN)cs1. The molecule has 0 fully saturated rings. The van der Waals surface area contributed by atoms with Gasteiger partial charge >= 0.3 is 0 Å². The Morgan fingerprint density at radius 3 is 2.83 bits per heavy atom. The summed E-state index contributed by atoms with van der Waals surface area (Å²) in [5, 5.41) is 2.86. The molecule has 0 saturated carbocycles. The molecule has 2 aromatic rings. The molecule has 0 saturated heterocycles. The van der Waals surface area contributed by atoms with Crippen LogP contribution in [0, 0.1) is 6.92 Å². The van der Waals surface area contributed by atoms with E-state index in [1.807, 2.05) is 30.5 Å². The van der Waals surface area contributed by atoms with E-state index in [1.165, 1.54) is 0 Å². The topological polar surface area (TPSA) is 57.4 Å². The molecule has 1 aromatic carbocycles. The third kappa shape index (κ3) is 3.00. The van der Waals surface area contributed by atoms with Gasteiger partial charge in [0.1, 0.15) is 11.6 Å². The molecule has 2 rings (SSSR count). The summed E-state index contributed by atoms with van der Waals surface area (Å²) in [7, 11) is 1.64. The standard InChI is InChI=1S/C13H16N2O2S/c1-9-3-4-11(12(5-9)16-2)17-7-13-15-10(6-14)8-18-13/h3-5,8H,6-7,14H2,1-2H3. The van der Waals surface area contributed by atoms with Gasteiger partial charge in [0, 0.05) is 11.9 Å². The normalized spacial score (nSPS) is 10.4. The van der Waals surface area contributed by atoms with Crippen molar-refractivity contribution in [3.63, 3.8) is 0 Å².